The molecule has 0 spiro atoms. The van der Waals surface area contributed by atoms with E-state index in [9.17, 15) is 9.59 Å². The molecule has 0 saturated carbocycles. The number of oxazole rings is 1. The molecule has 3 aromatic rings. The molecule has 1 fully saturated rings. The lowest BCUT2D eigenvalue weighted by molar-refractivity contribution is -0.126. The van der Waals surface area contributed by atoms with E-state index < -0.39 is 0 Å². The van der Waals surface area contributed by atoms with Crippen LogP contribution in [0.4, 0.5) is 0 Å². The molecule has 0 bridgehead atoms. The molecule has 1 atom stereocenters. The molecule has 1 aliphatic rings. The predicted molar refractivity (Wildman–Crippen MR) is 122 cm³/mol. The summed E-state index contributed by atoms with van der Waals surface area (Å²) in [7, 11) is 1.62. The molecule has 7 heteroatoms. The number of nitrogens with zero attached hydrogens (tertiary/aromatic N) is 2. The number of likely N-dealkylation sites (tertiary alicyclic amines) is 1. The first-order valence-corrected chi connectivity index (χ1v) is 11.1. The maximum absolute atomic E-state index is 13.1. The SMILES string of the molecule is COCCNC(=O)C(C)C1CCN(C(=O)c2ccc3nc(-c4ccccc4)oc3c2)CC1. The number of benzene rings is 2. The summed E-state index contributed by atoms with van der Waals surface area (Å²) in [6.07, 6.45) is 1.63. The Hall–Kier alpha value is -3.19. The Kier molecular flexibility index (Phi) is 6.85. The molecular formula is C25H29N3O4. The minimum Gasteiger partial charge on any atom is -0.436 e. The zero-order valence-electron chi connectivity index (χ0n) is 18.5. The van der Waals surface area contributed by atoms with Crippen LogP contribution in [0.5, 0.6) is 0 Å². The summed E-state index contributed by atoms with van der Waals surface area (Å²) < 4.78 is 10.9. The van der Waals surface area contributed by atoms with Gasteiger partial charge in [0.15, 0.2) is 5.58 Å². The first kappa shape index (κ1) is 22.0. The highest BCUT2D eigenvalue weighted by atomic mass is 16.5. The molecule has 0 aliphatic carbocycles. The predicted octanol–water partition coefficient (Wildman–Crippen LogP) is 3.75. The van der Waals surface area contributed by atoms with E-state index in [1.165, 1.54) is 0 Å². The number of hydrogen-bond acceptors (Lipinski definition) is 5. The highest BCUT2D eigenvalue weighted by molar-refractivity contribution is 5.97. The number of methoxy groups -OCH3 is 1. The van der Waals surface area contributed by atoms with Gasteiger partial charge in [0, 0.05) is 43.8 Å². The number of ether oxygens (including phenoxy) is 1. The van der Waals surface area contributed by atoms with Gasteiger partial charge in [0.1, 0.15) is 5.52 Å². The number of hydrogen-bond donors (Lipinski definition) is 1. The standard InChI is InChI=1S/C25H29N3O4/c1-17(23(29)26-12-15-31-2)18-10-13-28(14-11-18)25(30)20-8-9-21-22(16-20)32-24(27-21)19-6-4-3-5-7-19/h3-9,16-18H,10-15H2,1-2H3,(H,26,29). The van der Waals surface area contributed by atoms with Crippen LogP contribution in [0.25, 0.3) is 22.6 Å². The maximum Gasteiger partial charge on any atom is 0.253 e. The van der Waals surface area contributed by atoms with E-state index in [0.29, 0.717) is 43.3 Å². The average Bonchev–Trinajstić information content (AvgIpc) is 3.27. The topological polar surface area (TPSA) is 84.7 Å². The second kappa shape index (κ2) is 9.96. The zero-order chi connectivity index (χ0) is 22.5. The van der Waals surface area contributed by atoms with Gasteiger partial charge in [-0.1, -0.05) is 25.1 Å². The first-order valence-electron chi connectivity index (χ1n) is 11.1. The Balaban J connectivity index is 1.38. The van der Waals surface area contributed by atoms with Crippen molar-refractivity contribution in [3.8, 4) is 11.5 Å². The summed E-state index contributed by atoms with van der Waals surface area (Å²) in [4.78, 5) is 31.8. The Morgan fingerprint density at radius 3 is 2.66 bits per heavy atom. The molecular weight excluding hydrogens is 406 g/mol. The van der Waals surface area contributed by atoms with E-state index in [1.807, 2.05) is 48.2 Å². The zero-order valence-corrected chi connectivity index (χ0v) is 18.5. The molecule has 0 radical (unpaired) electrons. The fourth-order valence-corrected chi connectivity index (χ4v) is 4.20. The normalized spacial score (nSPS) is 15.6. The van der Waals surface area contributed by atoms with Gasteiger partial charge in [0.05, 0.1) is 6.61 Å². The molecule has 1 unspecified atom stereocenters. The number of rotatable bonds is 7. The second-order valence-electron chi connectivity index (χ2n) is 8.27. The lowest BCUT2D eigenvalue weighted by atomic mass is 9.84. The molecule has 1 N–H and O–H groups in total. The van der Waals surface area contributed by atoms with Crippen molar-refractivity contribution in [1.82, 2.24) is 15.2 Å². The Labute approximate surface area is 187 Å². The van der Waals surface area contributed by atoms with Gasteiger partial charge in [-0.2, -0.15) is 0 Å². The third-order valence-corrected chi connectivity index (χ3v) is 6.21. The molecule has 32 heavy (non-hydrogen) atoms. The van der Waals surface area contributed by atoms with Gasteiger partial charge in [-0.25, -0.2) is 4.98 Å². The molecule has 7 nitrogen and oxygen atoms in total. The van der Waals surface area contributed by atoms with Crippen LogP contribution >= 0.6 is 0 Å². The molecule has 1 saturated heterocycles. The monoisotopic (exact) mass is 435 g/mol. The Morgan fingerprint density at radius 2 is 1.94 bits per heavy atom. The van der Waals surface area contributed by atoms with Crippen molar-refractivity contribution < 1.29 is 18.7 Å². The number of aromatic nitrogens is 1. The Bertz CT molecular complexity index is 1070. The summed E-state index contributed by atoms with van der Waals surface area (Å²) in [5, 5.41) is 2.91. The van der Waals surface area contributed by atoms with E-state index in [0.717, 1.165) is 23.9 Å². The quantitative estimate of drug-likeness (QED) is 0.572. The van der Waals surface area contributed by atoms with Crippen LogP contribution in [-0.4, -0.2) is 55.0 Å². The molecule has 168 valence electrons. The van der Waals surface area contributed by atoms with Gasteiger partial charge in [-0.3, -0.25) is 9.59 Å². The summed E-state index contributed by atoms with van der Waals surface area (Å²) >= 11 is 0. The Morgan fingerprint density at radius 1 is 1.19 bits per heavy atom. The first-order chi connectivity index (χ1) is 15.6. The molecule has 1 aliphatic heterocycles. The highest BCUT2D eigenvalue weighted by Gasteiger charge is 2.30. The van der Waals surface area contributed by atoms with Crippen LogP contribution in [0, 0.1) is 11.8 Å². The number of amides is 2. The van der Waals surface area contributed by atoms with E-state index in [4.69, 9.17) is 9.15 Å². The average molecular weight is 436 g/mol. The van der Waals surface area contributed by atoms with Crippen molar-refractivity contribution >= 4 is 22.9 Å². The third kappa shape index (κ3) is 4.83. The van der Waals surface area contributed by atoms with E-state index in [2.05, 4.69) is 10.3 Å². The van der Waals surface area contributed by atoms with Crippen molar-refractivity contribution in [2.24, 2.45) is 11.8 Å². The highest BCUT2D eigenvalue weighted by Crippen LogP contribution is 2.28. The van der Waals surface area contributed by atoms with Crippen molar-refractivity contribution in [3.63, 3.8) is 0 Å². The molecule has 2 heterocycles. The molecule has 2 aromatic carbocycles. The number of fused-ring (bicyclic) bond motifs is 1. The van der Waals surface area contributed by atoms with E-state index in [1.54, 1.807) is 19.2 Å². The van der Waals surface area contributed by atoms with E-state index >= 15 is 0 Å². The minimum absolute atomic E-state index is 0.0137. The molecule has 1 aromatic heterocycles. The van der Waals surface area contributed by atoms with Gasteiger partial charge in [-0.15, -0.1) is 0 Å². The fourth-order valence-electron chi connectivity index (χ4n) is 4.20. The minimum atomic E-state index is -0.0777. The number of nitrogens with one attached hydrogen (secondary N) is 1. The van der Waals surface area contributed by atoms with Crippen LogP contribution in [0.1, 0.15) is 30.1 Å². The number of piperidine rings is 1. The van der Waals surface area contributed by atoms with Gasteiger partial charge in [0.2, 0.25) is 11.8 Å². The number of carbonyl (C=O) groups excluding carboxylic acids is 2. The lowest BCUT2D eigenvalue weighted by Crippen LogP contribution is -2.43. The van der Waals surface area contributed by atoms with Crippen LogP contribution in [0.3, 0.4) is 0 Å². The maximum atomic E-state index is 13.1. The van der Waals surface area contributed by atoms with Crippen molar-refractivity contribution in [1.29, 1.82) is 0 Å². The largest absolute Gasteiger partial charge is 0.436 e. The third-order valence-electron chi connectivity index (χ3n) is 6.21. The van der Waals surface area contributed by atoms with Gasteiger partial charge in [0.25, 0.3) is 5.91 Å². The van der Waals surface area contributed by atoms with Crippen molar-refractivity contribution in [2.75, 3.05) is 33.4 Å². The lowest BCUT2D eigenvalue weighted by Gasteiger charge is -2.34. The fraction of sp³-hybridized carbons (Fsp3) is 0.400. The van der Waals surface area contributed by atoms with Crippen LogP contribution in [0.15, 0.2) is 52.9 Å². The van der Waals surface area contributed by atoms with Crippen molar-refractivity contribution in [2.45, 2.75) is 19.8 Å². The van der Waals surface area contributed by atoms with Crippen LogP contribution in [-0.2, 0) is 9.53 Å². The van der Waals surface area contributed by atoms with Crippen molar-refractivity contribution in [3.05, 3.63) is 54.1 Å². The smallest absolute Gasteiger partial charge is 0.253 e. The van der Waals surface area contributed by atoms with Crippen LogP contribution in [0.2, 0.25) is 0 Å². The summed E-state index contributed by atoms with van der Waals surface area (Å²) in [6.45, 7) is 4.28. The molecule has 2 amide bonds. The van der Waals surface area contributed by atoms with Crippen LogP contribution < -0.4 is 5.32 Å². The summed E-state index contributed by atoms with van der Waals surface area (Å²) in [5.41, 5.74) is 2.83. The van der Waals surface area contributed by atoms with Gasteiger partial charge < -0.3 is 19.4 Å². The van der Waals surface area contributed by atoms with E-state index in [-0.39, 0.29) is 23.7 Å². The molecule has 4 rings (SSSR count). The summed E-state index contributed by atoms with van der Waals surface area (Å²) in [6, 6.07) is 15.1. The van der Waals surface area contributed by atoms with Gasteiger partial charge in [-0.05, 0) is 49.1 Å². The summed E-state index contributed by atoms with van der Waals surface area (Å²) in [5.74, 6) is 0.777. The van der Waals surface area contributed by atoms with Gasteiger partial charge >= 0.3 is 0 Å². The second-order valence-corrected chi connectivity index (χ2v) is 8.27. The number of carbonyl (C=O) groups is 2.